The van der Waals surface area contributed by atoms with E-state index in [1.807, 2.05) is 13.8 Å². The monoisotopic (exact) mass is 409 g/mol. The standard InChI is InChI=1S/C16H27N3O5S.ClH/c1-5-23-14-8-7-13(9-15(14)24-6-2)25(21,22)19-11-16(20)18-10-12(3)17-4;/h7-9,12,17,19H,5-6,10-11H2,1-4H3,(H,18,20);1H. The van der Waals surface area contributed by atoms with Gasteiger partial charge < -0.3 is 20.1 Å². The third-order valence-corrected chi connectivity index (χ3v) is 4.75. The van der Waals surface area contributed by atoms with Crippen molar-refractivity contribution in [1.82, 2.24) is 15.4 Å². The fourth-order valence-electron chi connectivity index (χ4n) is 1.87. The second-order valence-corrected chi connectivity index (χ2v) is 7.06. The Kier molecular flexibility index (Phi) is 11.2. The third kappa shape index (κ3) is 7.77. The molecule has 10 heteroatoms. The van der Waals surface area contributed by atoms with E-state index >= 15 is 0 Å². The molecular weight excluding hydrogens is 382 g/mol. The van der Waals surface area contributed by atoms with Gasteiger partial charge in [-0.25, -0.2) is 13.1 Å². The Labute approximate surface area is 161 Å². The van der Waals surface area contributed by atoms with Gasteiger partial charge in [0, 0.05) is 18.7 Å². The minimum atomic E-state index is -3.83. The highest BCUT2D eigenvalue weighted by Gasteiger charge is 2.18. The summed E-state index contributed by atoms with van der Waals surface area (Å²) in [4.78, 5) is 11.7. The molecule has 0 spiro atoms. The molecule has 8 nitrogen and oxygen atoms in total. The smallest absolute Gasteiger partial charge is 0.241 e. The van der Waals surface area contributed by atoms with E-state index in [-0.39, 0.29) is 29.9 Å². The van der Waals surface area contributed by atoms with E-state index in [1.165, 1.54) is 18.2 Å². The van der Waals surface area contributed by atoms with E-state index < -0.39 is 15.9 Å². The van der Waals surface area contributed by atoms with Gasteiger partial charge in [0.15, 0.2) is 11.5 Å². The Morgan fingerprint density at radius 2 is 1.77 bits per heavy atom. The van der Waals surface area contributed by atoms with Crippen LogP contribution in [-0.4, -0.2) is 53.7 Å². The van der Waals surface area contributed by atoms with Crippen LogP contribution in [0.3, 0.4) is 0 Å². The van der Waals surface area contributed by atoms with Crippen molar-refractivity contribution >= 4 is 28.3 Å². The van der Waals surface area contributed by atoms with Crippen LogP contribution in [0.5, 0.6) is 11.5 Å². The number of benzene rings is 1. The van der Waals surface area contributed by atoms with Gasteiger partial charge in [-0.2, -0.15) is 0 Å². The number of halogens is 1. The molecule has 150 valence electrons. The van der Waals surface area contributed by atoms with Crippen molar-refractivity contribution in [2.75, 3.05) is 33.4 Å². The molecule has 0 aliphatic heterocycles. The Hall–Kier alpha value is -1.55. The van der Waals surface area contributed by atoms with Crippen molar-refractivity contribution in [2.45, 2.75) is 31.7 Å². The number of hydrogen-bond acceptors (Lipinski definition) is 6. The first-order valence-electron chi connectivity index (χ1n) is 8.17. The van der Waals surface area contributed by atoms with Crippen LogP contribution in [0.2, 0.25) is 0 Å². The number of nitrogens with one attached hydrogen (secondary N) is 3. The molecule has 0 aliphatic carbocycles. The Bertz CT molecular complexity index is 670. The maximum atomic E-state index is 12.4. The van der Waals surface area contributed by atoms with Crippen molar-refractivity contribution in [1.29, 1.82) is 0 Å². The van der Waals surface area contributed by atoms with Crippen LogP contribution in [-0.2, 0) is 14.8 Å². The van der Waals surface area contributed by atoms with Gasteiger partial charge in [-0.05, 0) is 40.0 Å². The lowest BCUT2D eigenvalue weighted by Crippen LogP contribution is -2.42. The molecule has 0 bridgehead atoms. The molecule has 0 aliphatic rings. The minimum Gasteiger partial charge on any atom is -0.490 e. The van der Waals surface area contributed by atoms with Gasteiger partial charge in [0.05, 0.1) is 24.7 Å². The second kappa shape index (κ2) is 11.9. The molecule has 1 atom stereocenters. The van der Waals surface area contributed by atoms with Crippen LogP contribution in [0.1, 0.15) is 20.8 Å². The number of likely N-dealkylation sites (N-methyl/N-ethyl adjacent to an activating group) is 1. The van der Waals surface area contributed by atoms with Crippen molar-refractivity contribution < 1.29 is 22.7 Å². The largest absolute Gasteiger partial charge is 0.490 e. The molecule has 0 fully saturated rings. The van der Waals surface area contributed by atoms with Crippen molar-refractivity contribution in [3.05, 3.63) is 18.2 Å². The molecule has 1 amide bonds. The van der Waals surface area contributed by atoms with Gasteiger partial charge >= 0.3 is 0 Å². The molecule has 0 saturated carbocycles. The molecule has 1 aromatic rings. The number of sulfonamides is 1. The van der Waals surface area contributed by atoms with Crippen LogP contribution in [0.15, 0.2) is 23.1 Å². The molecule has 26 heavy (non-hydrogen) atoms. The molecular formula is C16H28ClN3O5S. The number of ether oxygens (including phenoxy) is 2. The maximum Gasteiger partial charge on any atom is 0.241 e. The predicted octanol–water partition coefficient (Wildman–Crippen LogP) is 0.908. The molecule has 1 rings (SSSR count). The SMILES string of the molecule is CCOc1ccc(S(=O)(=O)NCC(=O)NCC(C)NC)cc1OCC.Cl. The summed E-state index contributed by atoms with van der Waals surface area (Å²) in [5.41, 5.74) is 0. The highest BCUT2D eigenvalue weighted by atomic mass is 35.5. The van der Waals surface area contributed by atoms with Gasteiger partial charge in [-0.1, -0.05) is 0 Å². The van der Waals surface area contributed by atoms with E-state index in [0.29, 0.717) is 31.3 Å². The van der Waals surface area contributed by atoms with Crippen LogP contribution >= 0.6 is 12.4 Å². The topological polar surface area (TPSA) is 106 Å². The lowest BCUT2D eigenvalue weighted by Gasteiger charge is -2.14. The summed E-state index contributed by atoms with van der Waals surface area (Å²) in [6, 6.07) is 4.44. The summed E-state index contributed by atoms with van der Waals surface area (Å²) >= 11 is 0. The quantitative estimate of drug-likeness (QED) is 0.501. The van der Waals surface area contributed by atoms with Crippen molar-refractivity contribution in [3.63, 3.8) is 0 Å². The van der Waals surface area contributed by atoms with Gasteiger partial charge in [0.25, 0.3) is 0 Å². The first-order valence-corrected chi connectivity index (χ1v) is 9.65. The Balaban J connectivity index is 0.00000625. The minimum absolute atomic E-state index is 0. The maximum absolute atomic E-state index is 12.4. The van der Waals surface area contributed by atoms with Gasteiger partial charge in [-0.15, -0.1) is 12.4 Å². The molecule has 3 N–H and O–H groups in total. The fraction of sp³-hybridized carbons (Fsp3) is 0.562. The molecule has 0 aromatic heterocycles. The van der Waals surface area contributed by atoms with Gasteiger partial charge in [-0.3, -0.25) is 4.79 Å². The highest BCUT2D eigenvalue weighted by molar-refractivity contribution is 7.89. The zero-order chi connectivity index (χ0) is 18.9. The number of rotatable bonds is 11. The van der Waals surface area contributed by atoms with E-state index in [0.717, 1.165) is 0 Å². The summed E-state index contributed by atoms with van der Waals surface area (Å²) in [7, 11) is -2.05. The zero-order valence-corrected chi connectivity index (χ0v) is 17.1. The average Bonchev–Trinajstić information content (AvgIpc) is 2.59. The number of carbonyl (C=O) groups excluding carboxylic acids is 1. The fourth-order valence-corrected chi connectivity index (χ4v) is 2.87. The second-order valence-electron chi connectivity index (χ2n) is 5.29. The molecule has 1 unspecified atom stereocenters. The summed E-state index contributed by atoms with van der Waals surface area (Å²) in [5, 5.41) is 5.61. The first-order chi connectivity index (χ1) is 11.8. The van der Waals surface area contributed by atoms with Gasteiger partial charge in [0.1, 0.15) is 0 Å². The Morgan fingerprint density at radius 1 is 1.15 bits per heavy atom. The molecule has 0 saturated heterocycles. The third-order valence-electron chi connectivity index (χ3n) is 3.35. The van der Waals surface area contributed by atoms with E-state index in [4.69, 9.17) is 9.47 Å². The summed E-state index contributed by atoms with van der Waals surface area (Å²) in [5.74, 6) is 0.420. The van der Waals surface area contributed by atoms with Crippen LogP contribution in [0.4, 0.5) is 0 Å². The average molecular weight is 410 g/mol. The van der Waals surface area contributed by atoms with Gasteiger partial charge in [0.2, 0.25) is 15.9 Å². The van der Waals surface area contributed by atoms with Crippen molar-refractivity contribution in [2.24, 2.45) is 0 Å². The number of hydrogen-bond donors (Lipinski definition) is 3. The summed E-state index contributed by atoms with van der Waals surface area (Å²) in [6.07, 6.45) is 0. The highest BCUT2D eigenvalue weighted by Crippen LogP contribution is 2.30. The van der Waals surface area contributed by atoms with Crippen LogP contribution < -0.4 is 24.8 Å². The van der Waals surface area contributed by atoms with Crippen molar-refractivity contribution in [3.8, 4) is 11.5 Å². The van der Waals surface area contributed by atoms with Crippen LogP contribution in [0, 0.1) is 0 Å². The lowest BCUT2D eigenvalue weighted by molar-refractivity contribution is -0.120. The zero-order valence-electron chi connectivity index (χ0n) is 15.5. The van der Waals surface area contributed by atoms with E-state index in [9.17, 15) is 13.2 Å². The van der Waals surface area contributed by atoms with E-state index in [1.54, 1.807) is 14.0 Å². The lowest BCUT2D eigenvalue weighted by atomic mass is 10.3. The van der Waals surface area contributed by atoms with Crippen LogP contribution in [0.25, 0.3) is 0 Å². The summed E-state index contributed by atoms with van der Waals surface area (Å²) in [6.45, 7) is 6.42. The molecule has 1 aromatic carbocycles. The predicted molar refractivity (Wildman–Crippen MR) is 103 cm³/mol. The normalized spacial score (nSPS) is 12.0. The molecule has 0 radical (unpaired) electrons. The van der Waals surface area contributed by atoms with E-state index in [2.05, 4.69) is 15.4 Å². The summed E-state index contributed by atoms with van der Waals surface area (Å²) < 4.78 is 37.8. The molecule has 0 heterocycles. The first kappa shape index (κ1) is 24.5. The number of amides is 1. The number of carbonyl (C=O) groups is 1. The Morgan fingerprint density at radius 3 is 2.35 bits per heavy atom.